The molecule has 3 radical (unpaired) electrons. The first-order valence-electron chi connectivity index (χ1n) is 52.1. The van der Waals surface area contributed by atoms with E-state index in [9.17, 15) is 9.59 Å². The first kappa shape index (κ1) is 90.5. The average molecular weight is 2460 g/mol. The summed E-state index contributed by atoms with van der Waals surface area (Å²) in [5.41, 5.74) is 22.7. The molecule has 6 aromatic heterocycles. The fourth-order valence-electron chi connectivity index (χ4n) is 16.4. The predicted octanol–water partition coefficient (Wildman–Crippen LogP) is 28.4. The number of hydrogen-bond donors (Lipinski definition) is 3. The third-order valence-corrected chi connectivity index (χ3v) is 29.1. The van der Waals surface area contributed by atoms with Crippen LogP contribution in [0.25, 0.3) is 133 Å². The summed E-state index contributed by atoms with van der Waals surface area (Å²) in [4.78, 5) is 46.0. The molecule has 3 N–H and O–H groups in total. The number of carbonyl (C=O) groups is 2. The number of allylic oxidation sites excluding steroid dienone is 4. The molecule has 713 valence electrons. The molecule has 2 aliphatic heterocycles. The van der Waals surface area contributed by atoms with E-state index < -0.39 is 51.9 Å². The Morgan fingerprint density at radius 2 is 1.17 bits per heavy atom. The minimum Gasteiger partial charge on any atom is 0 e. The molecule has 2 aliphatic rings. The van der Waals surface area contributed by atoms with Crippen molar-refractivity contribution in [2.45, 2.75) is 166 Å². The zero-order chi connectivity index (χ0) is 108. The number of aryl methyl sites for hydroxylation is 4. The van der Waals surface area contributed by atoms with Crippen LogP contribution in [0.2, 0.25) is 36.9 Å². The fraction of sp³-hybridized carbons (Fsp3) is 0.205. The number of pyridine rings is 4. The molecular formula is C122H124GeIr3N8O4Si-2. The summed E-state index contributed by atoms with van der Waals surface area (Å²) in [5, 5.41) is 25.3. The number of carbonyl (C=O) groups excluding carboxylic acids is 2. The summed E-state index contributed by atoms with van der Waals surface area (Å²) in [5.74, 6) is 8.42. The number of imidazole rings is 1. The first-order valence-corrected chi connectivity index (χ1v) is 56.4. The molecule has 139 heavy (non-hydrogen) atoms. The van der Waals surface area contributed by atoms with Crippen molar-refractivity contribution in [3.8, 4) is 89.9 Å². The molecule has 17 heteroatoms. The molecule has 0 atom stereocenters. The average Bonchev–Trinajstić information content (AvgIpc) is 1.55. The SMILES string of the molecule is CC(=O)C=C(C)O.CC(=O)C=C(C)O.C[Si](C)(C)c1cc(-c2[c-]cccc2)ncc1-c1ccccc1.Cc1[c-]c(-c2nccc3c(C(C)C)cc(C(C)C)cc23)cc(C)c1.Cc1cccnc1-c1[c-]cccc1.Cc1cnc2c3[c-]cccc3c3ccccc3c2n1.[2H]c1cc(-c2c([2H])c([2H])c([2H])c3c2-c2[nH]c(-c4c(C)c([2H])c([2H])c([2H])c4C([2H])([2H])[2H])c([2H])[n+]2C3)c([2H])c(C)c1[2H].[CH3][Ge]([CH3])([CH3])[c]1ccc2[n+](c1)Cc1ccccc1-2.[Ir].[Ir].[Ir]. The van der Waals surface area contributed by atoms with Crippen molar-refractivity contribution in [2.75, 3.05) is 0 Å². The number of H-pyrrole nitrogens is 1. The number of ketones is 2. The van der Waals surface area contributed by atoms with Gasteiger partial charge in [-0.25, -0.2) is 9.55 Å². The van der Waals surface area contributed by atoms with Crippen molar-refractivity contribution in [3.63, 3.8) is 0 Å². The Hall–Kier alpha value is -12.3. The monoisotopic (exact) mass is 2460 g/mol. The van der Waals surface area contributed by atoms with Crippen molar-refractivity contribution in [3.05, 3.63) is 413 Å². The molecule has 0 fully saturated rings. The Morgan fingerprint density at radius 1 is 0.518 bits per heavy atom. The molecule has 0 aliphatic carbocycles. The van der Waals surface area contributed by atoms with Crippen molar-refractivity contribution < 1.29 is 107 Å². The van der Waals surface area contributed by atoms with Crippen LogP contribution in [0, 0.1) is 72.7 Å². The Bertz CT molecular complexity index is 8100. The number of nitrogens with zero attached hydrogens (tertiary/aromatic N) is 7. The van der Waals surface area contributed by atoms with Crippen LogP contribution in [-0.2, 0) is 83.0 Å². The minimum absolute atomic E-state index is 0. The molecule has 12 nitrogen and oxygen atoms in total. The van der Waals surface area contributed by atoms with Gasteiger partial charge in [0.25, 0.3) is 5.82 Å². The molecule has 0 spiro atoms. The van der Waals surface area contributed by atoms with Gasteiger partial charge in [-0.1, -0.05) is 228 Å². The van der Waals surface area contributed by atoms with E-state index in [2.05, 4.69) is 280 Å². The van der Waals surface area contributed by atoms with Crippen molar-refractivity contribution in [1.82, 2.24) is 29.9 Å². The van der Waals surface area contributed by atoms with E-state index in [-0.39, 0.29) is 177 Å². The number of aliphatic hydroxyl groups is 2. The van der Waals surface area contributed by atoms with E-state index in [1.54, 1.807) is 4.40 Å². The van der Waals surface area contributed by atoms with Gasteiger partial charge in [-0.2, -0.15) is 0 Å². The second kappa shape index (κ2) is 49.5. The smallest absolute Gasteiger partial charge is 0 e. The maximum atomic E-state index is 10.0. The quantitative estimate of drug-likeness (QED) is 0.0270. The summed E-state index contributed by atoms with van der Waals surface area (Å²) >= 11 is -1.70. The van der Waals surface area contributed by atoms with Crippen molar-refractivity contribution >= 4 is 85.8 Å². The summed E-state index contributed by atoms with van der Waals surface area (Å²) in [7, 11) is -1.48. The molecule has 12 aromatic carbocycles. The Morgan fingerprint density at radius 3 is 1.81 bits per heavy atom. The molecule has 0 saturated carbocycles. The van der Waals surface area contributed by atoms with Gasteiger partial charge >= 0.3 is 105 Å². The van der Waals surface area contributed by atoms with Gasteiger partial charge in [0.2, 0.25) is 0 Å². The summed E-state index contributed by atoms with van der Waals surface area (Å²) in [6.07, 6.45) is 12.1. The Labute approximate surface area is 884 Å². The number of aromatic amines is 1. The van der Waals surface area contributed by atoms with Crippen LogP contribution >= 0.6 is 0 Å². The van der Waals surface area contributed by atoms with Crippen LogP contribution < -0.4 is 18.7 Å². The fourth-order valence-corrected chi connectivity index (χ4v) is 20.4. The number of rotatable bonds is 12. The topological polar surface area (TPSA) is 163 Å². The molecule has 18 aromatic rings. The maximum absolute atomic E-state index is 10.0. The number of aromatic nitrogens is 8. The molecule has 0 bridgehead atoms. The van der Waals surface area contributed by atoms with Crippen LogP contribution in [0.3, 0.4) is 0 Å². The van der Waals surface area contributed by atoms with Crippen molar-refractivity contribution in [1.29, 1.82) is 0 Å². The number of hydrogen-bond acceptors (Lipinski definition) is 9. The van der Waals surface area contributed by atoms with Gasteiger partial charge in [0.1, 0.15) is 14.1 Å². The summed E-state index contributed by atoms with van der Waals surface area (Å²) in [6.45, 7) is 31.2. The Kier molecular flexibility index (Phi) is 32.2. The van der Waals surface area contributed by atoms with Gasteiger partial charge in [0.05, 0.1) is 48.7 Å². The summed E-state index contributed by atoms with van der Waals surface area (Å²) < 4.78 is 114. The van der Waals surface area contributed by atoms with Crippen LogP contribution in [0.15, 0.2) is 328 Å². The summed E-state index contributed by atoms with van der Waals surface area (Å²) in [6, 6.07) is 83.2. The van der Waals surface area contributed by atoms with Gasteiger partial charge < -0.3 is 30.1 Å². The first-order chi connectivity index (χ1) is 70.4. The number of nitrogens with one attached hydrogen (secondary N) is 1. The van der Waals surface area contributed by atoms with Gasteiger partial charge in [-0.05, 0) is 164 Å². The number of benzene rings is 12. The molecule has 20 rings (SSSR count). The van der Waals surface area contributed by atoms with E-state index in [1.807, 2.05) is 98.4 Å². The van der Waals surface area contributed by atoms with E-state index in [0.717, 1.165) is 73.4 Å². The van der Waals surface area contributed by atoms with Crippen LogP contribution in [-0.4, -0.2) is 73.0 Å². The Balaban J connectivity index is 0.000000186. The van der Waals surface area contributed by atoms with Gasteiger partial charge in [-0.3, -0.25) is 14.6 Å². The normalized spacial score (nSPS) is 12.9. The molecule has 0 saturated heterocycles. The van der Waals surface area contributed by atoms with Gasteiger partial charge in [0.15, 0.2) is 17.3 Å². The van der Waals surface area contributed by atoms with E-state index >= 15 is 0 Å². The zero-order valence-electron chi connectivity index (χ0n) is 95.2. The standard InChI is InChI=1S/C25H22N2.C23H26N.C20H20NSi.C17H11N2.C15H18GeN.C12H10N.2C5H8O2.3Ir/c1-16-7-4-10-19(13-16)21-12-6-11-20-14-27-15-22(26-25(27)24(20)21)23-17(2)8-5-9-18(23)3;1-14(2)18-12-21(15(3)4)20-7-8-24-23(22(20)13-18)19-10-16(5)9-17(6)11-19;1-22(2,3)20-14-19(17-12-8-5-9-13-17)21-15-18(20)16-10-6-4-7-11-16;1-11-10-18-16-14-8-4-2-6-12(14)13-7-3-5-9-15(13)17(16)19-11;1-16(2,3)13-8-9-15-14-7-5-4-6-12(14)10-17(15)11-13;1-10-6-5-9-13-12(10)11-7-3-2-4-8-11;2*1-4(6)3-5(2)7;;;/h4-13,15H,14H2,1-3H3;7-10,12-15H,1-6H3;4-12,14-15H,1-3H3;2-7,9-10H,1H3;4-9,11H,10H2,1-3H3;2-7,9H,1H3;2*3,6H,1-2H3;;;/q;3*-1;+1;-1;;;;;/p+1/i2D3,4D,5D,6D,7D,8D,9D,11D,12D,13D,15D;;;;;;;;;;. The van der Waals surface area contributed by atoms with E-state index in [0.29, 0.717) is 17.4 Å². The molecular weight excluding hydrogens is 2320 g/mol. The second-order valence-corrected chi connectivity index (χ2v) is 52.4. The van der Waals surface area contributed by atoms with Crippen LogP contribution in [0.4, 0.5) is 0 Å². The van der Waals surface area contributed by atoms with Crippen LogP contribution in [0.5, 0.6) is 0 Å². The van der Waals surface area contributed by atoms with E-state index in [1.165, 1.54) is 141 Å². The maximum Gasteiger partial charge on any atom is 0 e. The van der Waals surface area contributed by atoms with Gasteiger partial charge in [-0.15, -0.1) is 136 Å². The largest absolute Gasteiger partial charge is 0 e. The number of aliphatic hydroxyl groups excluding tert-OH is 2. The third-order valence-electron chi connectivity index (χ3n) is 22.8. The van der Waals surface area contributed by atoms with Crippen molar-refractivity contribution in [2.24, 2.45) is 0 Å². The van der Waals surface area contributed by atoms with E-state index in [4.69, 9.17) is 38.0 Å². The number of fused-ring (bicyclic) bond motifs is 13. The molecule has 0 unspecified atom stereocenters. The second-order valence-electron chi connectivity index (χ2n) is 36.7. The van der Waals surface area contributed by atoms with Gasteiger partial charge in [0, 0.05) is 118 Å². The minimum atomic E-state index is -2.83. The predicted molar refractivity (Wildman–Crippen MR) is 571 cm³/mol. The third kappa shape index (κ3) is 27.9. The molecule has 0 amide bonds. The molecule has 8 heterocycles. The zero-order valence-corrected chi connectivity index (χ0v) is 92.4. The van der Waals surface area contributed by atoms with Crippen LogP contribution in [0.1, 0.15) is 146 Å².